The Bertz CT molecular complexity index is 692. The number of rotatable bonds is 3. The van der Waals surface area contributed by atoms with Crippen LogP contribution in [0.4, 0.5) is 6.01 Å². The second-order valence-electron chi connectivity index (χ2n) is 3.84. The number of benzene rings is 1. The quantitative estimate of drug-likeness (QED) is 0.791. The molecule has 2 aromatic heterocycles. The Morgan fingerprint density at radius 2 is 2.28 bits per heavy atom. The zero-order chi connectivity index (χ0) is 12.5. The average molecular weight is 280 g/mol. The lowest BCUT2D eigenvalue weighted by atomic mass is 10.3. The summed E-state index contributed by atoms with van der Waals surface area (Å²) in [6.45, 7) is 2.58. The summed E-state index contributed by atoms with van der Waals surface area (Å²) in [4.78, 5) is 8.67. The van der Waals surface area contributed by atoms with E-state index in [0.717, 1.165) is 21.8 Å². The van der Waals surface area contributed by atoms with Crippen molar-refractivity contribution in [3.63, 3.8) is 0 Å². The monoisotopic (exact) mass is 279 g/mol. The molecule has 1 N–H and O–H groups in total. The van der Waals surface area contributed by atoms with Gasteiger partial charge < -0.3 is 9.73 Å². The van der Waals surface area contributed by atoms with Gasteiger partial charge in [-0.1, -0.05) is 11.6 Å². The first kappa shape index (κ1) is 11.5. The Kier molecular flexibility index (Phi) is 2.93. The van der Waals surface area contributed by atoms with Crippen LogP contribution in [0.5, 0.6) is 0 Å². The predicted octanol–water partition coefficient (Wildman–Crippen LogP) is 3.86. The van der Waals surface area contributed by atoms with Crippen LogP contribution in [0.25, 0.3) is 11.1 Å². The van der Waals surface area contributed by atoms with Crippen LogP contribution in [0.2, 0.25) is 5.02 Å². The third-order valence-corrected chi connectivity index (χ3v) is 3.49. The van der Waals surface area contributed by atoms with Crippen LogP contribution < -0.4 is 5.32 Å². The van der Waals surface area contributed by atoms with Crippen molar-refractivity contribution in [1.29, 1.82) is 0 Å². The van der Waals surface area contributed by atoms with Crippen LogP contribution in [-0.4, -0.2) is 9.97 Å². The van der Waals surface area contributed by atoms with Gasteiger partial charge in [0.05, 0.1) is 17.2 Å². The standard InChI is InChI=1S/C12H10ClN3OS/c1-7-15-9(6-18-7)5-14-12-16-10-4-8(13)2-3-11(10)17-12/h2-4,6H,5H2,1H3,(H,14,16). The van der Waals surface area contributed by atoms with E-state index in [-0.39, 0.29) is 0 Å². The van der Waals surface area contributed by atoms with E-state index in [1.54, 1.807) is 23.5 Å². The minimum Gasteiger partial charge on any atom is -0.424 e. The molecule has 0 aliphatic rings. The van der Waals surface area contributed by atoms with E-state index in [2.05, 4.69) is 15.3 Å². The Morgan fingerprint density at radius 1 is 1.39 bits per heavy atom. The van der Waals surface area contributed by atoms with Crippen molar-refractivity contribution < 1.29 is 4.42 Å². The molecule has 6 heteroatoms. The number of hydrogen-bond acceptors (Lipinski definition) is 5. The summed E-state index contributed by atoms with van der Waals surface area (Å²) >= 11 is 7.52. The summed E-state index contributed by atoms with van der Waals surface area (Å²) in [7, 11) is 0. The van der Waals surface area contributed by atoms with Gasteiger partial charge >= 0.3 is 0 Å². The molecule has 0 spiro atoms. The number of hydrogen-bond donors (Lipinski definition) is 1. The molecule has 2 heterocycles. The highest BCUT2D eigenvalue weighted by molar-refractivity contribution is 7.09. The maximum Gasteiger partial charge on any atom is 0.296 e. The molecule has 0 aliphatic carbocycles. The van der Waals surface area contributed by atoms with Crippen molar-refractivity contribution in [2.24, 2.45) is 0 Å². The molecule has 0 bridgehead atoms. The summed E-state index contributed by atoms with van der Waals surface area (Å²) in [6, 6.07) is 5.85. The first-order chi connectivity index (χ1) is 8.70. The van der Waals surface area contributed by atoms with Crippen LogP contribution in [-0.2, 0) is 6.54 Å². The summed E-state index contributed by atoms with van der Waals surface area (Å²) in [5, 5.41) is 6.82. The van der Waals surface area contributed by atoms with E-state index in [4.69, 9.17) is 16.0 Å². The first-order valence-corrected chi connectivity index (χ1v) is 6.67. The zero-order valence-electron chi connectivity index (χ0n) is 9.61. The third-order valence-electron chi connectivity index (χ3n) is 2.44. The highest BCUT2D eigenvalue weighted by Crippen LogP contribution is 2.22. The molecule has 0 radical (unpaired) electrons. The molecule has 0 aliphatic heterocycles. The molecule has 0 atom stereocenters. The van der Waals surface area contributed by atoms with Crippen molar-refractivity contribution in [3.8, 4) is 0 Å². The molecule has 4 nitrogen and oxygen atoms in total. The van der Waals surface area contributed by atoms with Crippen LogP contribution in [0.15, 0.2) is 28.0 Å². The molecule has 3 rings (SSSR count). The molecular weight excluding hydrogens is 270 g/mol. The molecule has 92 valence electrons. The molecule has 0 saturated carbocycles. The summed E-state index contributed by atoms with van der Waals surface area (Å²) in [5.74, 6) is 0. The average Bonchev–Trinajstić information content (AvgIpc) is 2.92. The Labute approximate surface area is 113 Å². The third kappa shape index (κ3) is 2.32. The molecule has 18 heavy (non-hydrogen) atoms. The van der Waals surface area contributed by atoms with Crippen LogP contribution in [0.1, 0.15) is 10.7 Å². The van der Waals surface area contributed by atoms with Crippen LogP contribution >= 0.6 is 22.9 Å². The van der Waals surface area contributed by atoms with Gasteiger partial charge in [-0.25, -0.2) is 4.98 Å². The normalized spacial score (nSPS) is 11.0. The number of aromatic nitrogens is 2. The number of oxazole rings is 1. The molecule has 0 unspecified atom stereocenters. The minimum atomic E-state index is 0.484. The van der Waals surface area contributed by atoms with Crippen molar-refractivity contribution in [3.05, 3.63) is 39.3 Å². The van der Waals surface area contributed by atoms with E-state index in [0.29, 0.717) is 17.6 Å². The fraction of sp³-hybridized carbons (Fsp3) is 0.167. The van der Waals surface area contributed by atoms with Crippen molar-refractivity contribution in [2.75, 3.05) is 5.32 Å². The smallest absolute Gasteiger partial charge is 0.296 e. The summed E-state index contributed by atoms with van der Waals surface area (Å²) in [5.41, 5.74) is 2.45. The van der Waals surface area contributed by atoms with E-state index >= 15 is 0 Å². The molecule has 0 saturated heterocycles. The number of nitrogens with one attached hydrogen (secondary N) is 1. The van der Waals surface area contributed by atoms with Gasteiger partial charge in [-0.3, -0.25) is 0 Å². The topological polar surface area (TPSA) is 51.0 Å². The fourth-order valence-electron chi connectivity index (χ4n) is 1.63. The predicted molar refractivity (Wildman–Crippen MR) is 73.2 cm³/mol. The summed E-state index contributed by atoms with van der Waals surface area (Å²) in [6.07, 6.45) is 0. The van der Waals surface area contributed by atoms with Gasteiger partial charge in [-0.2, -0.15) is 4.98 Å². The van der Waals surface area contributed by atoms with Crippen molar-refractivity contribution in [1.82, 2.24) is 9.97 Å². The number of halogens is 1. The van der Waals surface area contributed by atoms with Gasteiger partial charge in [0, 0.05) is 10.4 Å². The van der Waals surface area contributed by atoms with Gasteiger partial charge in [0.15, 0.2) is 5.58 Å². The molecular formula is C12H10ClN3OS. The maximum absolute atomic E-state index is 5.89. The van der Waals surface area contributed by atoms with E-state index in [1.165, 1.54) is 0 Å². The Balaban J connectivity index is 1.78. The lowest BCUT2D eigenvalue weighted by Gasteiger charge is -1.96. The van der Waals surface area contributed by atoms with Crippen LogP contribution in [0, 0.1) is 6.92 Å². The lowest BCUT2D eigenvalue weighted by molar-refractivity contribution is 0.614. The van der Waals surface area contributed by atoms with Gasteiger partial charge in [-0.05, 0) is 25.1 Å². The second-order valence-corrected chi connectivity index (χ2v) is 5.34. The number of nitrogens with zero attached hydrogens (tertiary/aromatic N) is 2. The van der Waals surface area contributed by atoms with Gasteiger partial charge in [0.2, 0.25) is 0 Å². The first-order valence-electron chi connectivity index (χ1n) is 5.42. The zero-order valence-corrected chi connectivity index (χ0v) is 11.2. The molecule has 0 amide bonds. The minimum absolute atomic E-state index is 0.484. The second kappa shape index (κ2) is 4.59. The Morgan fingerprint density at radius 3 is 3.06 bits per heavy atom. The number of fused-ring (bicyclic) bond motifs is 1. The number of anilines is 1. The molecule has 0 fully saturated rings. The van der Waals surface area contributed by atoms with E-state index in [9.17, 15) is 0 Å². The molecule has 3 aromatic rings. The fourth-order valence-corrected chi connectivity index (χ4v) is 2.41. The Hall–Kier alpha value is -1.59. The van der Waals surface area contributed by atoms with E-state index in [1.807, 2.05) is 18.4 Å². The SMILES string of the molecule is Cc1nc(CNc2nc3cc(Cl)ccc3o2)cs1. The highest BCUT2D eigenvalue weighted by atomic mass is 35.5. The highest BCUT2D eigenvalue weighted by Gasteiger charge is 2.06. The van der Waals surface area contributed by atoms with Crippen LogP contribution in [0.3, 0.4) is 0 Å². The van der Waals surface area contributed by atoms with Crippen molar-refractivity contribution in [2.45, 2.75) is 13.5 Å². The van der Waals surface area contributed by atoms with Gasteiger partial charge in [0.1, 0.15) is 5.52 Å². The maximum atomic E-state index is 5.89. The number of aryl methyl sites for hydroxylation is 1. The molecule has 1 aromatic carbocycles. The summed E-state index contributed by atoms with van der Waals surface area (Å²) < 4.78 is 5.55. The largest absolute Gasteiger partial charge is 0.424 e. The number of thiazole rings is 1. The lowest BCUT2D eigenvalue weighted by Crippen LogP contribution is -1.99. The van der Waals surface area contributed by atoms with Gasteiger partial charge in [-0.15, -0.1) is 11.3 Å². The van der Waals surface area contributed by atoms with E-state index < -0.39 is 0 Å². The van der Waals surface area contributed by atoms with Crippen molar-refractivity contribution >= 4 is 40.1 Å². The van der Waals surface area contributed by atoms with Gasteiger partial charge in [0.25, 0.3) is 6.01 Å².